The number of carbonyl (C=O) groups is 1. The van der Waals surface area contributed by atoms with Gasteiger partial charge in [0.05, 0.1) is 5.56 Å². The number of hydrogen-bond donors (Lipinski definition) is 1. The fourth-order valence-electron chi connectivity index (χ4n) is 4.06. The molecule has 0 aliphatic heterocycles. The van der Waals surface area contributed by atoms with Crippen LogP contribution >= 0.6 is 0 Å². The van der Waals surface area contributed by atoms with Crippen molar-refractivity contribution in [3.05, 3.63) is 107 Å². The van der Waals surface area contributed by atoms with Crippen LogP contribution < -0.4 is 5.32 Å². The lowest BCUT2D eigenvalue weighted by Crippen LogP contribution is -2.25. The number of aryl methyl sites for hydroxylation is 1. The lowest BCUT2D eigenvalue weighted by molar-refractivity contribution is -0.137. The van der Waals surface area contributed by atoms with Gasteiger partial charge in [0.2, 0.25) is 5.91 Å². The van der Waals surface area contributed by atoms with Gasteiger partial charge in [-0.1, -0.05) is 60.7 Å². The minimum absolute atomic E-state index is 0.0415. The molecule has 0 saturated heterocycles. The first-order valence-electron chi connectivity index (χ1n) is 10.3. The number of amides is 1. The summed E-state index contributed by atoms with van der Waals surface area (Å²) >= 11 is 0. The molecule has 3 nitrogen and oxygen atoms in total. The standard InChI is InChI=1S/C26H23F3N2O/c1-31-17-23(21-12-5-6-13-24(21)31)22(19-9-3-2-4-10-19)15-25(32)30-16-18-8-7-11-20(14-18)26(27,28)29/h2-14,17,22H,15-16H2,1H3,(H,30,32). The maximum Gasteiger partial charge on any atom is 0.416 e. The topological polar surface area (TPSA) is 34.0 Å². The van der Waals surface area contributed by atoms with Crippen molar-refractivity contribution in [1.29, 1.82) is 0 Å². The van der Waals surface area contributed by atoms with E-state index in [2.05, 4.69) is 5.32 Å². The van der Waals surface area contributed by atoms with E-state index in [0.717, 1.165) is 34.2 Å². The summed E-state index contributed by atoms with van der Waals surface area (Å²) in [4.78, 5) is 12.9. The van der Waals surface area contributed by atoms with E-state index in [0.29, 0.717) is 5.56 Å². The van der Waals surface area contributed by atoms with Gasteiger partial charge >= 0.3 is 6.18 Å². The second-order valence-electron chi connectivity index (χ2n) is 7.85. The fraction of sp³-hybridized carbons (Fsp3) is 0.192. The zero-order valence-corrected chi connectivity index (χ0v) is 17.6. The van der Waals surface area contributed by atoms with Gasteiger partial charge < -0.3 is 9.88 Å². The summed E-state index contributed by atoms with van der Waals surface area (Å²) in [5.74, 6) is -0.395. The number of hydrogen-bond acceptors (Lipinski definition) is 1. The molecule has 32 heavy (non-hydrogen) atoms. The van der Waals surface area contributed by atoms with Crippen molar-refractivity contribution in [2.24, 2.45) is 7.05 Å². The second kappa shape index (κ2) is 8.91. The smallest absolute Gasteiger partial charge is 0.352 e. The Morgan fingerprint density at radius 2 is 1.69 bits per heavy atom. The first kappa shape index (κ1) is 21.7. The Kier molecular flexibility index (Phi) is 6.04. The Morgan fingerprint density at radius 3 is 2.44 bits per heavy atom. The number of rotatable bonds is 6. The molecule has 1 aromatic heterocycles. The maximum absolute atomic E-state index is 13.0. The summed E-state index contributed by atoms with van der Waals surface area (Å²) in [5.41, 5.74) is 2.83. The van der Waals surface area contributed by atoms with E-state index in [1.54, 1.807) is 6.07 Å². The number of benzene rings is 3. The minimum Gasteiger partial charge on any atom is -0.352 e. The fourth-order valence-corrected chi connectivity index (χ4v) is 4.06. The van der Waals surface area contributed by atoms with E-state index in [4.69, 9.17) is 0 Å². The highest BCUT2D eigenvalue weighted by Crippen LogP contribution is 2.34. The molecular formula is C26H23F3N2O. The highest BCUT2D eigenvalue weighted by atomic mass is 19.4. The van der Waals surface area contributed by atoms with Gasteiger partial charge in [0, 0.05) is 43.0 Å². The number of para-hydroxylation sites is 1. The van der Waals surface area contributed by atoms with Crippen molar-refractivity contribution in [2.75, 3.05) is 0 Å². The number of carbonyl (C=O) groups excluding carboxylic acids is 1. The predicted molar refractivity (Wildman–Crippen MR) is 119 cm³/mol. The van der Waals surface area contributed by atoms with Crippen LogP contribution in [-0.4, -0.2) is 10.5 Å². The van der Waals surface area contributed by atoms with Crippen LogP contribution in [0, 0.1) is 0 Å². The molecule has 3 aromatic carbocycles. The van der Waals surface area contributed by atoms with Crippen molar-refractivity contribution >= 4 is 16.8 Å². The van der Waals surface area contributed by atoms with Crippen molar-refractivity contribution in [3.8, 4) is 0 Å². The Bertz CT molecular complexity index is 1230. The number of aromatic nitrogens is 1. The van der Waals surface area contributed by atoms with Gasteiger partial charge in [-0.15, -0.1) is 0 Å². The largest absolute Gasteiger partial charge is 0.416 e. The van der Waals surface area contributed by atoms with Crippen LogP contribution in [0.5, 0.6) is 0 Å². The molecule has 1 heterocycles. The van der Waals surface area contributed by atoms with Crippen molar-refractivity contribution in [1.82, 2.24) is 9.88 Å². The molecule has 0 saturated carbocycles. The van der Waals surface area contributed by atoms with E-state index in [1.807, 2.05) is 72.4 Å². The van der Waals surface area contributed by atoms with Gasteiger partial charge in [-0.25, -0.2) is 0 Å². The van der Waals surface area contributed by atoms with Gasteiger partial charge in [0.1, 0.15) is 0 Å². The van der Waals surface area contributed by atoms with Crippen LogP contribution in [0.15, 0.2) is 85.1 Å². The first-order valence-corrected chi connectivity index (χ1v) is 10.3. The average molecular weight is 436 g/mol. The Morgan fingerprint density at radius 1 is 0.969 bits per heavy atom. The van der Waals surface area contributed by atoms with Crippen LogP contribution in [0.1, 0.15) is 34.6 Å². The highest BCUT2D eigenvalue weighted by molar-refractivity contribution is 5.86. The van der Waals surface area contributed by atoms with E-state index in [9.17, 15) is 18.0 Å². The molecule has 1 unspecified atom stereocenters. The maximum atomic E-state index is 13.0. The monoisotopic (exact) mass is 436 g/mol. The average Bonchev–Trinajstić information content (AvgIpc) is 3.13. The first-order chi connectivity index (χ1) is 15.3. The third-order valence-electron chi connectivity index (χ3n) is 5.64. The Balaban J connectivity index is 1.56. The zero-order chi connectivity index (χ0) is 22.7. The van der Waals surface area contributed by atoms with Gasteiger partial charge in [-0.3, -0.25) is 4.79 Å². The molecule has 1 N–H and O–H groups in total. The van der Waals surface area contributed by atoms with Gasteiger partial charge in [-0.05, 0) is 34.9 Å². The summed E-state index contributed by atoms with van der Waals surface area (Å²) in [6.45, 7) is 0.0415. The van der Waals surface area contributed by atoms with Gasteiger partial charge in [0.15, 0.2) is 0 Å². The van der Waals surface area contributed by atoms with E-state index in [-0.39, 0.29) is 24.8 Å². The summed E-state index contributed by atoms with van der Waals surface area (Å²) in [5, 5.41) is 3.87. The number of halogens is 3. The molecule has 4 aromatic rings. The molecule has 1 amide bonds. The third-order valence-corrected chi connectivity index (χ3v) is 5.64. The minimum atomic E-state index is -4.41. The molecule has 0 aliphatic rings. The molecule has 0 radical (unpaired) electrons. The normalized spacial score (nSPS) is 12.6. The van der Waals surface area contributed by atoms with Crippen molar-refractivity contribution in [3.63, 3.8) is 0 Å². The van der Waals surface area contributed by atoms with Crippen LogP contribution in [0.2, 0.25) is 0 Å². The summed E-state index contributed by atoms with van der Waals surface area (Å²) < 4.78 is 40.9. The zero-order valence-electron chi connectivity index (χ0n) is 17.6. The molecule has 0 spiro atoms. The van der Waals surface area contributed by atoms with Crippen LogP contribution in [0.25, 0.3) is 10.9 Å². The Labute approximate surface area is 184 Å². The van der Waals surface area contributed by atoms with Crippen LogP contribution in [0.3, 0.4) is 0 Å². The third kappa shape index (κ3) is 4.69. The molecular weight excluding hydrogens is 413 g/mol. The van der Waals surface area contributed by atoms with Gasteiger partial charge in [-0.2, -0.15) is 13.2 Å². The van der Waals surface area contributed by atoms with Crippen LogP contribution in [-0.2, 0) is 24.6 Å². The Hall–Kier alpha value is -3.54. The van der Waals surface area contributed by atoms with E-state index < -0.39 is 11.7 Å². The van der Waals surface area contributed by atoms with Crippen molar-refractivity contribution < 1.29 is 18.0 Å². The van der Waals surface area contributed by atoms with Crippen LogP contribution in [0.4, 0.5) is 13.2 Å². The summed E-state index contributed by atoms with van der Waals surface area (Å²) in [7, 11) is 1.97. The highest BCUT2D eigenvalue weighted by Gasteiger charge is 2.30. The summed E-state index contributed by atoms with van der Waals surface area (Å²) in [6.07, 6.45) is -2.17. The van der Waals surface area contributed by atoms with E-state index >= 15 is 0 Å². The molecule has 0 aliphatic carbocycles. The molecule has 1 atom stereocenters. The lowest BCUT2D eigenvalue weighted by Gasteiger charge is -2.17. The summed E-state index contributed by atoms with van der Waals surface area (Å²) in [6, 6.07) is 22.8. The van der Waals surface area contributed by atoms with Gasteiger partial charge in [0.25, 0.3) is 0 Å². The number of nitrogens with one attached hydrogen (secondary N) is 1. The number of alkyl halides is 3. The van der Waals surface area contributed by atoms with Crippen molar-refractivity contribution in [2.45, 2.75) is 25.1 Å². The lowest BCUT2D eigenvalue weighted by atomic mass is 9.88. The van der Waals surface area contributed by atoms with E-state index in [1.165, 1.54) is 6.07 Å². The number of nitrogens with zero attached hydrogens (tertiary/aromatic N) is 1. The molecule has 164 valence electrons. The predicted octanol–water partition coefficient (Wildman–Crippen LogP) is 6.04. The molecule has 0 fully saturated rings. The second-order valence-corrected chi connectivity index (χ2v) is 7.85. The quantitative estimate of drug-likeness (QED) is 0.393. The SMILES string of the molecule is Cn1cc(C(CC(=O)NCc2cccc(C(F)(F)F)c2)c2ccccc2)c2ccccc21. The molecule has 6 heteroatoms. The molecule has 0 bridgehead atoms. The number of fused-ring (bicyclic) bond motifs is 1. The molecule has 4 rings (SSSR count).